The van der Waals surface area contributed by atoms with Crippen molar-refractivity contribution in [1.82, 2.24) is 4.98 Å². The van der Waals surface area contributed by atoms with Crippen molar-refractivity contribution in [2.75, 3.05) is 0 Å². The van der Waals surface area contributed by atoms with Crippen LogP contribution in [-0.2, 0) is 0 Å². The quantitative estimate of drug-likeness (QED) is 0.437. The molecule has 0 aliphatic heterocycles. The van der Waals surface area contributed by atoms with Gasteiger partial charge in [0, 0.05) is 10.7 Å². The number of aromatic nitrogens is 1. The third kappa shape index (κ3) is 2.01. The van der Waals surface area contributed by atoms with Crippen LogP contribution >= 0.6 is 15.9 Å². The van der Waals surface area contributed by atoms with Gasteiger partial charge < -0.3 is 5.84 Å². The predicted octanol–water partition coefficient (Wildman–Crippen LogP) is 1.53. The summed E-state index contributed by atoms with van der Waals surface area (Å²) in [6, 6.07) is 3.72. The first-order valence-electron chi connectivity index (χ1n) is 3.10. The van der Waals surface area contributed by atoms with E-state index in [4.69, 9.17) is 5.84 Å². The molecule has 0 aromatic carbocycles. The molecule has 0 saturated heterocycles. The number of nitrogens with two attached hydrogens (primary N) is 1. The second-order valence-corrected chi connectivity index (χ2v) is 2.99. The second-order valence-electron chi connectivity index (χ2n) is 2.07. The highest BCUT2D eigenvalue weighted by Crippen LogP contribution is 2.09. The van der Waals surface area contributed by atoms with E-state index < -0.39 is 0 Å². The highest BCUT2D eigenvalue weighted by molar-refractivity contribution is 9.10. The Bertz CT molecular complexity index is 283. The van der Waals surface area contributed by atoms with Gasteiger partial charge in [-0.05, 0) is 19.1 Å². The van der Waals surface area contributed by atoms with Crippen LogP contribution in [0, 0.1) is 0 Å². The summed E-state index contributed by atoms with van der Waals surface area (Å²) < 4.78 is 0.977. The fourth-order valence-corrected chi connectivity index (χ4v) is 1.00. The lowest BCUT2D eigenvalue weighted by atomic mass is 10.3. The van der Waals surface area contributed by atoms with E-state index in [0.717, 1.165) is 15.9 Å². The first kappa shape index (κ1) is 8.20. The molecule has 3 nitrogen and oxygen atoms in total. The summed E-state index contributed by atoms with van der Waals surface area (Å²) in [4.78, 5) is 4.07. The van der Waals surface area contributed by atoms with Crippen LogP contribution in [0.2, 0.25) is 0 Å². The van der Waals surface area contributed by atoms with Crippen molar-refractivity contribution in [3.63, 3.8) is 0 Å². The summed E-state index contributed by atoms with van der Waals surface area (Å²) in [6.45, 7) is 1.81. The number of nitrogens with zero attached hydrogens (tertiary/aromatic N) is 2. The fourth-order valence-electron chi connectivity index (χ4n) is 0.669. The maximum Gasteiger partial charge on any atom is 0.0870 e. The Labute approximate surface area is 73.5 Å². The van der Waals surface area contributed by atoms with E-state index in [1.54, 1.807) is 6.20 Å². The van der Waals surface area contributed by atoms with E-state index >= 15 is 0 Å². The number of pyridine rings is 1. The maximum absolute atomic E-state index is 5.09. The molecule has 0 spiro atoms. The topological polar surface area (TPSA) is 51.3 Å². The van der Waals surface area contributed by atoms with Gasteiger partial charge in [-0.2, -0.15) is 5.10 Å². The van der Waals surface area contributed by atoms with Gasteiger partial charge in [0.1, 0.15) is 0 Å². The first-order valence-corrected chi connectivity index (χ1v) is 3.89. The smallest absolute Gasteiger partial charge is 0.0870 e. The number of hydrazone groups is 1. The zero-order valence-corrected chi connectivity index (χ0v) is 7.67. The lowest BCUT2D eigenvalue weighted by molar-refractivity contribution is 1.20. The van der Waals surface area contributed by atoms with Crippen molar-refractivity contribution in [1.29, 1.82) is 0 Å². The Morgan fingerprint density at radius 3 is 3.00 bits per heavy atom. The van der Waals surface area contributed by atoms with Crippen LogP contribution in [0.5, 0.6) is 0 Å². The average molecular weight is 214 g/mol. The zero-order chi connectivity index (χ0) is 8.27. The summed E-state index contributed by atoms with van der Waals surface area (Å²) in [7, 11) is 0. The number of rotatable bonds is 1. The molecule has 0 saturated carbocycles. The minimum Gasteiger partial charge on any atom is -0.323 e. The standard InChI is InChI=1S/C7H8BrN3/c1-5(11-9)7-4-6(8)2-3-10-7/h2-4H,9H2,1H3/b11-5+. The molecule has 1 aromatic heterocycles. The Morgan fingerprint density at radius 1 is 1.73 bits per heavy atom. The summed E-state index contributed by atoms with van der Waals surface area (Å²) in [5.41, 5.74) is 1.52. The maximum atomic E-state index is 5.09. The molecule has 0 fully saturated rings. The molecule has 58 valence electrons. The molecule has 4 heteroatoms. The van der Waals surface area contributed by atoms with Crippen LogP contribution in [0.4, 0.5) is 0 Å². The van der Waals surface area contributed by atoms with Gasteiger partial charge >= 0.3 is 0 Å². The molecular weight excluding hydrogens is 206 g/mol. The minimum absolute atomic E-state index is 0.728. The summed E-state index contributed by atoms with van der Waals surface area (Å²) in [6.07, 6.45) is 1.70. The molecule has 0 aliphatic rings. The summed E-state index contributed by atoms with van der Waals surface area (Å²) in [5.74, 6) is 5.09. The van der Waals surface area contributed by atoms with Crippen LogP contribution in [0.1, 0.15) is 12.6 Å². The molecule has 11 heavy (non-hydrogen) atoms. The first-order chi connectivity index (χ1) is 5.24. The van der Waals surface area contributed by atoms with E-state index in [1.165, 1.54) is 0 Å². The molecule has 0 aliphatic carbocycles. The predicted molar refractivity (Wildman–Crippen MR) is 48.3 cm³/mol. The van der Waals surface area contributed by atoms with Gasteiger partial charge in [-0.25, -0.2) is 0 Å². The van der Waals surface area contributed by atoms with Crippen molar-refractivity contribution in [3.05, 3.63) is 28.5 Å². The van der Waals surface area contributed by atoms with Crippen LogP contribution in [0.3, 0.4) is 0 Å². The van der Waals surface area contributed by atoms with Crippen LogP contribution < -0.4 is 5.84 Å². The largest absolute Gasteiger partial charge is 0.323 e. The number of halogens is 1. The van der Waals surface area contributed by atoms with Crippen LogP contribution in [0.15, 0.2) is 27.9 Å². The zero-order valence-electron chi connectivity index (χ0n) is 6.08. The van der Waals surface area contributed by atoms with Crippen LogP contribution in [0.25, 0.3) is 0 Å². The Morgan fingerprint density at radius 2 is 2.45 bits per heavy atom. The van der Waals surface area contributed by atoms with Gasteiger partial charge in [-0.1, -0.05) is 15.9 Å². The third-order valence-electron chi connectivity index (χ3n) is 1.29. The van der Waals surface area contributed by atoms with Crippen molar-refractivity contribution in [2.24, 2.45) is 10.9 Å². The molecule has 0 bridgehead atoms. The average Bonchev–Trinajstić information content (AvgIpc) is 2.03. The number of hydrogen-bond acceptors (Lipinski definition) is 3. The minimum atomic E-state index is 0.728. The van der Waals surface area contributed by atoms with E-state index in [0.29, 0.717) is 0 Å². The molecule has 0 unspecified atom stereocenters. The Kier molecular flexibility index (Phi) is 2.59. The lowest BCUT2D eigenvalue weighted by Gasteiger charge is -1.96. The highest BCUT2D eigenvalue weighted by Gasteiger charge is 1.97. The summed E-state index contributed by atoms with van der Waals surface area (Å²) >= 11 is 3.32. The van der Waals surface area contributed by atoms with Crippen molar-refractivity contribution >= 4 is 21.6 Å². The molecule has 0 amide bonds. The molecule has 0 atom stereocenters. The van der Waals surface area contributed by atoms with Crippen molar-refractivity contribution in [3.8, 4) is 0 Å². The Balaban J connectivity index is 3.06. The third-order valence-corrected chi connectivity index (χ3v) is 1.78. The van der Waals surface area contributed by atoms with Gasteiger partial charge in [-0.3, -0.25) is 4.98 Å². The lowest BCUT2D eigenvalue weighted by Crippen LogP contribution is -2.00. The van der Waals surface area contributed by atoms with Gasteiger partial charge in [-0.15, -0.1) is 0 Å². The molecular formula is C7H8BrN3. The normalized spacial score (nSPS) is 11.6. The van der Waals surface area contributed by atoms with E-state index in [2.05, 4.69) is 26.0 Å². The highest BCUT2D eigenvalue weighted by atomic mass is 79.9. The second kappa shape index (κ2) is 3.48. The molecule has 1 aromatic rings. The van der Waals surface area contributed by atoms with Crippen molar-refractivity contribution < 1.29 is 0 Å². The van der Waals surface area contributed by atoms with Crippen LogP contribution in [-0.4, -0.2) is 10.7 Å². The molecule has 2 N–H and O–H groups in total. The van der Waals surface area contributed by atoms with Gasteiger partial charge in [0.2, 0.25) is 0 Å². The molecule has 1 rings (SSSR count). The monoisotopic (exact) mass is 213 g/mol. The van der Waals surface area contributed by atoms with E-state index in [9.17, 15) is 0 Å². The van der Waals surface area contributed by atoms with Gasteiger partial charge in [0.15, 0.2) is 0 Å². The summed E-state index contributed by atoms with van der Waals surface area (Å²) in [5, 5.41) is 3.53. The van der Waals surface area contributed by atoms with E-state index in [-0.39, 0.29) is 0 Å². The van der Waals surface area contributed by atoms with Crippen molar-refractivity contribution in [2.45, 2.75) is 6.92 Å². The molecule has 1 heterocycles. The fraction of sp³-hybridized carbons (Fsp3) is 0.143. The Hall–Kier alpha value is -0.900. The number of hydrogen-bond donors (Lipinski definition) is 1. The molecule has 0 radical (unpaired) electrons. The van der Waals surface area contributed by atoms with Gasteiger partial charge in [0.25, 0.3) is 0 Å². The van der Waals surface area contributed by atoms with E-state index in [1.807, 2.05) is 19.1 Å². The SMILES string of the molecule is C/C(=N\N)c1cc(Br)ccn1. The van der Waals surface area contributed by atoms with Gasteiger partial charge in [0.05, 0.1) is 11.4 Å².